The van der Waals surface area contributed by atoms with E-state index in [0.717, 1.165) is 22.8 Å². The van der Waals surface area contributed by atoms with Gasteiger partial charge in [-0.3, -0.25) is 14.9 Å². The van der Waals surface area contributed by atoms with Gasteiger partial charge in [-0.15, -0.1) is 0 Å². The smallest absolute Gasteiger partial charge is 0.324 e. The fraction of sp³-hybridized carbons (Fsp3) is 0.250. The molecule has 9 heteroatoms. The van der Waals surface area contributed by atoms with Gasteiger partial charge in [-0.2, -0.15) is 5.10 Å². The third kappa shape index (κ3) is 5.57. The summed E-state index contributed by atoms with van der Waals surface area (Å²) in [4.78, 5) is 22.7. The summed E-state index contributed by atoms with van der Waals surface area (Å²) in [5.41, 5.74) is 3.18. The van der Waals surface area contributed by atoms with Gasteiger partial charge in [-0.05, 0) is 44.2 Å². The Morgan fingerprint density at radius 1 is 1.36 bits per heavy atom. The largest absolute Gasteiger partial charge is 0.494 e. The van der Waals surface area contributed by atoms with Crippen molar-refractivity contribution in [1.82, 2.24) is 5.43 Å². The number of nitrogens with one attached hydrogen (secondary N) is 2. The van der Waals surface area contributed by atoms with Gasteiger partial charge in [0.15, 0.2) is 0 Å². The minimum absolute atomic E-state index is 0.0262. The molecule has 0 fully saturated rings. The molecule has 0 spiro atoms. The topological polar surface area (TPSA) is 106 Å². The molecule has 25 heavy (non-hydrogen) atoms. The van der Waals surface area contributed by atoms with Crippen LogP contribution < -0.4 is 15.5 Å². The molecule has 1 aromatic carbocycles. The first-order chi connectivity index (χ1) is 12.0. The van der Waals surface area contributed by atoms with Crippen LogP contribution in [0.5, 0.6) is 5.75 Å². The quantitative estimate of drug-likeness (QED) is 0.426. The number of nitrogens with zero attached hydrogens (tertiary/aromatic N) is 2. The summed E-state index contributed by atoms with van der Waals surface area (Å²) in [5.74, 6) is 0.441. The lowest BCUT2D eigenvalue weighted by Gasteiger charge is -2.13. The lowest BCUT2D eigenvalue weighted by atomic mass is 10.2. The number of ether oxygens (including phenoxy) is 1. The maximum absolute atomic E-state index is 12.0. The zero-order chi connectivity index (χ0) is 18.2. The number of carbonyl (C=O) groups is 1. The minimum Gasteiger partial charge on any atom is -0.494 e. The third-order valence-electron chi connectivity index (χ3n) is 3.10. The Balaban J connectivity index is 1.84. The second-order valence-corrected chi connectivity index (χ2v) is 6.08. The molecule has 0 aliphatic rings. The van der Waals surface area contributed by atoms with E-state index in [-0.39, 0.29) is 10.9 Å². The van der Waals surface area contributed by atoms with E-state index in [9.17, 15) is 14.9 Å². The Labute approximate surface area is 148 Å². The molecule has 1 amide bonds. The van der Waals surface area contributed by atoms with Gasteiger partial charge in [0.25, 0.3) is 5.91 Å². The number of hydrazone groups is 1. The van der Waals surface area contributed by atoms with Crippen molar-refractivity contribution < 1.29 is 14.5 Å². The van der Waals surface area contributed by atoms with Crippen LogP contribution in [0.4, 0.5) is 10.7 Å². The highest BCUT2D eigenvalue weighted by molar-refractivity contribution is 7.16. The van der Waals surface area contributed by atoms with E-state index in [1.165, 1.54) is 12.3 Å². The molecule has 1 atom stereocenters. The van der Waals surface area contributed by atoms with Crippen molar-refractivity contribution in [2.24, 2.45) is 5.10 Å². The number of rotatable bonds is 8. The highest BCUT2D eigenvalue weighted by Crippen LogP contribution is 2.22. The molecule has 0 aliphatic heterocycles. The van der Waals surface area contributed by atoms with Gasteiger partial charge in [-0.25, -0.2) is 5.43 Å². The highest BCUT2D eigenvalue weighted by Gasteiger charge is 2.12. The van der Waals surface area contributed by atoms with Gasteiger partial charge in [-0.1, -0.05) is 11.3 Å². The van der Waals surface area contributed by atoms with Crippen molar-refractivity contribution in [2.75, 3.05) is 11.9 Å². The molecule has 0 aliphatic carbocycles. The van der Waals surface area contributed by atoms with Crippen molar-refractivity contribution in [1.29, 1.82) is 0 Å². The van der Waals surface area contributed by atoms with E-state index in [4.69, 9.17) is 4.74 Å². The molecule has 1 heterocycles. The first-order valence-corrected chi connectivity index (χ1v) is 8.37. The summed E-state index contributed by atoms with van der Waals surface area (Å²) in [5, 5.41) is 17.5. The Hall–Kier alpha value is -2.94. The SMILES string of the molecule is CCOc1ccc(NC(C)C(=O)NN=Cc2ccc([N+](=O)[O-])s2)cc1. The predicted molar refractivity (Wildman–Crippen MR) is 97.4 cm³/mol. The number of hydrogen-bond acceptors (Lipinski definition) is 7. The van der Waals surface area contributed by atoms with Crippen molar-refractivity contribution in [3.8, 4) is 5.75 Å². The van der Waals surface area contributed by atoms with Gasteiger partial charge in [0.1, 0.15) is 11.8 Å². The molecule has 2 rings (SSSR count). The van der Waals surface area contributed by atoms with E-state index in [2.05, 4.69) is 15.8 Å². The van der Waals surface area contributed by atoms with Gasteiger partial charge in [0, 0.05) is 11.8 Å². The van der Waals surface area contributed by atoms with Crippen LogP contribution in [0.3, 0.4) is 0 Å². The molecule has 8 nitrogen and oxygen atoms in total. The molecule has 1 unspecified atom stereocenters. The zero-order valence-electron chi connectivity index (χ0n) is 13.8. The van der Waals surface area contributed by atoms with E-state index in [1.807, 2.05) is 31.2 Å². The first kappa shape index (κ1) is 18.4. The second-order valence-electron chi connectivity index (χ2n) is 4.99. The van der Waals surface area contributed by atoms with Crippen LogP contribution >= 0.6 is 11.3 Å². The van der Waals surface area contributed by atoms with Crippen LogP contribution in [0.15, 0.2) is 41.5 Å². The van der Waals surface area contributed by atoms with Crippen molar-refractivity contribution in [2.45, 2.75) is 19.9 Å². The van der Waals surface area contributed by atoms with E-state index in [1.54, 1.807) is 13.0 Å². The fourth-order valence-electron chi connectivity index (χ4n) is 1.90. The average Bonchev–Trinajstić information content (AvgIpc) is 3.06. The Morgan fingerprint density at radius 2 is 2.08 bits per heavy atom. The van der Waals surface area contributed by atoms with Crippen molar-refractivity contribution >= 4 is 34.1 Å². The molecule has 0 bridgehead atoms. The van der Waals surface area contributed by atoms with Crippen LogP contribution in [-0.2, 0) is 4.79 Å². The van der Waals surface area contributed by atoms with E-state index < -0.39 is 11.0 Å². The first-order valence-electron chi connectivity index (χ1n) is 7.56. The number of nitro groups is 1. The van der Waals surface area contributed by atoms with Crippen molar-refractivity contribution in [3.05, 3.63) is 51.4 Å². The number of hydrogen-bond donors (Lipinski definition) is 2. The van der Waals surface area contributed by atoms with Gasteiger partial charge < -0.3 is 10.1 Å². The van der Waals surface area contributed by atoms with E-state index >= 15 is 0 Å². The number of benzene rings is 1. The number of carbonyl (C=O) groups excluding carboxylic acids is 1. The number of thiophene rings is 1. The van der Waals surface area contributed by atoms with Crippen LogP contribution in [0.25, 0.3) is 0 Å². The number of anilines is 1. The van der Waals surface area contributed by atoms with Crippen LogP contribution in [-0.4, -0.2) is 29.7 Å². The van der Waals surface area contributed by atoms with Crippen LogP contribution in [0.2, 0.25) is 0 Å². The average molecular weight is 362 g/mol. The van der Waals surface area contributed by atoms with Gasteiger partial charge >= 0.3 is 5.00 Å². The Kier molecular flexibility index (Phi) is 6.47. The summed E-state index contributed by atoms with van der Waals surface area (Å²) in [7, 11) is 0. The second kappa shape index (κ2) is 8.78. The summed E-state index contributed by atoms with van der Waals surface area (Å²) < 4.78 is 5.36. The van der Waals surface area contributed by atoms with Crippen molar-refractivity contribution in [3.63, 3.8) is 0 Å². The Bertz CT molecular complexity index is 758. The van der Waals surface area contributed by atoms with Gasteiger partial charge in [0.2, 0.25) is 0 Å². The molecule has 2 N–H and O–H groups in total. The standard InChI is InChI=1S/C16H18N4O4S/c1-3-24-13-6-4-12(5-7-13)18-11(2)16(21)19-17-10-14-8-9-15(25-14)20(22)23/h4-11,18H,3H2,1-2H3,(H,19,21). The summed E-state index contributed by atoms with van der Waals surface area (Å²) in [6.07, 6.45) is 1.37. The molecule has 1 aromatic heterocycles. The Morgan fingerprint density at radius 3 is 2.68 bits per heavy atom. The molecule has 0 saturated carbocycles. The lowest BCUT2D eigenvalue weighted by Crippen LogP contribution is -2.34. The third-order valence-corrected chi connectivity index (χ3v) is 4.07. The molecule has 132 valence electrons. The minimum atomic E-state index is -0.507. The molecular weight excluding hydrogens is 344 g/mol. The van der Waals surface area contributed by atoms with E-state index in [0.29, 0.717) is 11.5 Å². The summed E-state index contributed by atoms with van der Waals surface area (Å²) in [6, 6.07) is 9.74. The maximum atomic E-state index is 12.0. The van der Waals surface area contributed by atoms with Crippen LogP contribution in [0, 0.1) is 10.1 Å². The predicted octanol–water partition coefficient (Wildman–Crippen LogP) is 3.01. The number of amides is 1. The van der Waals surface area contributed by atoms with Crippen LogP contribution in [0.1, 0.15) is 18.7 Å². The molecule has 0 radical (unpaired) electrons. The van der Waals surface area contributed by atoms with Gasteiger partial charge in [0.05, 0.1) is 22.6 Å². The molecule has 0 saturated heterocycles. The highest BCUT2D eigenvalue weighted by atomic mass is 32.1. The summed E-state index contributed by atoms with van der Waals surface area (Å²) >= 11 is 0.982. The normalized spacial score (nSPS) is 11.9. The zero-order valence-corrected chi connectivity index (χ0v) is 14.6. The monoisotopic (exact) mass is 362 g/mol. The molecule has 2 aromatic rings. The molecular formula is C16H18N4O4S. The lowest BCUT2D eigenvalue weighted by molar-refractivity contribution is -0.380. The maximum Gasteiger partial charge on any atom is 0.324 e. The summed E-state index contributed by atoms with van der Waals surface area (Å²) in [6.45, 7) is 4.21. The fourth-order valence-corrected chi connectivity index (χ4v) is 2.59.